The Hall–Kier alpha value is -3.78. The van der Waals surface area contributed by atoms with Crippen molar-refractivity contribution in [2.75, 3.05) is 11.9 Å². The number of aryl methyl sites for hydroxylation is 2. The predicted octanol–water partition coefficient (Wildman–Crippen LogP) is 4.80. The van der Waals surface area contributed by atoms with Crippen molar-refractivity contribution < 1.29 is 39.2 Å². The number of carbonyl (C=O) groups is 1. The molecule has 1 fully saturated rings. The fraction of sp³-hybridized carbons (Fsp3) is 0.471. The average Bonchev–Trinajstić information content (AvgIpc) is 3.60. The normalized spacial score (nSPS) is 20.1. The Morgan fingerprint density at radius 2 is 1.46 bits per heavy atom. The van der Waals surface area contributed by atoms with E-state index in [4.69, 9.17) is 17.5 Å². The van der Waals surface area contributed by atoms with Gasteiger partial charge in [-0.25, -0.2) is 4.98 Å². The number of benzene rings is 2. The van der Waals surface area contributed by atoms with Gasteiger partial charge in [-0.1, -0.05) is 70.0 Å². The molecule has 4 atom stereocenters. The molecule has 0 saturated carbocycles. The van der Waals surface area contributed by atoms with Gasteiger partial charge in [0.25, 0.3) is 25.8 Å². The Morgan fingerprint density at radius 1 is 0.942 bits per heavy atom. The van der Waals surface area contributed by atoms with Gasteiger partial charge in [0.1, 0.15) is 12.2 Å². The number of hydrogen-bond acceptors (Lipinski definition) is 12. The van der Waals surface area contributed by atoms with Crippen LogP contribution in [-0.2, 0) is 42.6 Å². The molecule has 4 unspecified atom stereocenters. The van der Waals surface area contributed by atoms with Crippen molar-refractivity contribution in [2.24, 2.45) is 5.92 Å². The van der Waals surface area contributed by atoms with Crippen molar-refractivity contribution in [1.29, 1.82) is 0 Å². The highest BCUT2D eigenvalue weighted by atomic mass is 32.2. The molecule has 15 nitrogen and oxygen atoms in total. The van der Waals surface area contributed by atoms with Gasteiger partial charge >= 0.3 is 0 Å². The summed E-state index contributed by atoms with van der Waals surface area (Å²) in [4.78, 5) is 36.3. The average molecular weight is 776 g/mol. The minimum absolute atomic E-state index is 0.0970. The number of imidazole rings is 1. The molecule has 0 bridgehead atoms. The van der Waals surface area contributed by atoms with Crippen LogP contribution in [0.4, 0.5) is 5.95 Å². The van der Waals surface area contributed by atoms with E-state index in [1.165, 1.54) is 35.2 Å². The number of fused-ring (bicyclic) bond motifs is 1. The van der Waals surface area contributed by atoms with Gasteiger partial charge in [-0.2, -0.15) is 21.8 Å². The number of nitrogens with one attached hydrogen (secondary N) is 2. The van der Waals surface area contributed by atoms with Crippen molar-refractivity contribution in [1.82, 2.24) is 19.5 Å². The fourth-order valence-electron chi connectivity index (χ4n) is 5.04. The summed E-state index contributed by atoms with van der Waals surface area (Å²) in [7, 11) is -11.6. The third kappa shape index (κ3) is 8.38. The minimum atomic E-state index is -4.59. The van der Waals surface area contributed by atoms with Gasteiger partial charge in [0.2, 0.25) is 11.9 Å². The molecule has 1 amide bonds. The van der Waals surface area contributed by atoms with Crippen LogP contribution < -0.4 is 10.9 Å². The Balaban J connectivity index is 1.67. The first-order valence-corrected chi connectivity index (χ1v) is 22.4. The lowest BCUT2D eigenvalue weighted by Gasteiger charge is -2.37. The molecule has 2 aromatic carbocycles. The monoisotopic (exact) mass is 775 g/mol. The third-order valence-corrected chi connectivity index (χ3v) is 16.4. The van der Waals surface area contributed by atoms with Crippen LogP contribution in [-0.4, -0.2) is 75.5 Å². The van der Waals surface area contributed by atoms with Gasteiger partial charge < -0.3 is 9.16 Å². The lowest BCUT2D eigenvalue weighted by molar-refractivity contribution is -0.118. The zero-order valence-corrected chi connectivity index (χ0v) is 33.2. The maximum Gasteiger partial charge on any atom is 0.297 e. The van der Waals surface area contributed by atoms with Crippen LogP contribution in [0.1, 0.15) is 52.0 Å². The first-order valence-electron chi connectivity index (χ1n) is 16.7. The molecule has 2 N–H and O–H groups in total. The fourth-order valence-corrected chi connectivity index (χ4v) is 8.24. The summed E-state index contributed by atoms with van der Waals surface area (Å²) >= 11 is 0. The van der Waals surface area contributed by atoms with E-state index in [9.17, 15) is 26.4 Å². The van der Waals surface area contributed by atoms with Crippen molar-refractivity contribution >= 4 is 51.6 Å². The summed E-state index contributed by atoms with van der Waals surface area (Å²) in [6.45, 7) is 16.8. The van der Waals surface area contributed by atoms with Gasteiger partial charge in [-0.3, -0.25) is 32.8 Å². The summed E-state index contributed by atoms with van der Waals surface area (Å²) in [6, 6.07) is 11.9. The van der Waals surface area contributed by atoms with Gasteiger partial charge in [0.15, 0.2) is 31.8 Å². The maximum atomic E-state index is 13.9. The maximum absolute atomic E-state index is 13.9. The van der Waals surface area contributed by atoms with Crippen molar-refractivity contribution in [3.63, 3.8) is 0 Å². The van der Waals surface area contributed by atoms with E-state index >= 15 is 0 Å². The Labute approximate surface area is 304 Å². The smallest absolute Gasteiger partial charge is 0.297 e. The van der Waals surface area contributed by atoms with E-state index in [1.807, 2.05) is 33.9 Å². The molecule has 1 saturated heterocycles. The van der Waals surface area contributed by atoms with Crippen LogP contribution in [0, 0.1) is 19.8 Å². The van der Waals surface area contributed by atoms with Crippen molar-refractivity contribution in [3.8, 4) is 0 Å². The molecule has 4 aromatic rings. The standard InChI is InChI=1S/C34H45N5O10S2Si/c1-20(2)30(40)37-33-36-29-26(31(41)38-33)35-19-39(29)32-28(49-51(44,45)24-16-12-22(4)13-17-24)27(25(47-32)18-46-52(8,9)34(5,6)7)48-50(42,43)23-14-10-21(3)11-15-23/h10-17,19-20,25,27-28,32H,18H2,1-9H3,(H2,36,37,38,40,41). The van der Waals surface area contributed by atoms with Crippen LogP contribution in [0.25, 0.3) is 11.2 Å². The molecule has 1 aliphatic heterocycles. The number of nitrogens with zero attached hydrogens (tertiary/aromatic N) is 3. The molecule has 18 heteroatoms. The zero-order chi connectivity index (χ0) is 38.4. The van der Waals surface area contributed by atoms with Gasteiger partial charge in [0, 0.05) is 5.92 Å². The minimum Gasteiger partial charge on any atom is -0.414 e. The van der Waals surface area contributed by atoms with Crippen molar-refractivity contribution in [2.45, 2.75) is 101 Å². The van der Waals surface area contributed by atoms with Crippen LogP contribution in [0.5, 0.6) is 0 Å². The SMILES string of the molecule is Cc1ccc(S(=O)(=O)OC2C(CO[Si](C)(C)C(C)(C)C)OC(n3cnc4c(=O)[nH]c(NC(=O)C(C)C)nc43)C2OS(=O)(=O)c2ccc(C)cc2)cc1. The number of carbonyl (C=O) groups excluding carboxylic acids is 1. The number of anilines is 1. The van der Waals surface area contributed by atoms with E-state index < -0.39 is 70.5 Å². The number of hydrogen-bond donors (Lipinski definition) is 2. The number of H-pyrrole nitrogens is 1. The summed E-state index contributed by atoms with van der Waals surface area (Å²) in [5.41, 5.74) is 0.666. The largest absolute Gasteiger partial charge is 0.414 e. The number of ether oxygens (including phenoxy) is 1. The van der Waals surface area contributed by atoms with Gasteiger partial charge in [-0.05, 0) is 56.2 Å². The van der Waals surface area contributed by atoms with Crippen molar-refractivity contribution in [3.05, 3.63) is 76.3 Å². The molecule has 1 aliphatic rings. The molecule has 0 radical (unpaired) electrons. The highest BCUT2D eigenvalue weighted by Gasteiger charge is 2.53. The number of amides is 1. The van der Waals surface area contributed by atoms with Gasteiger partial charge in [0.05, 0.1) is 22.7 Å². The van der Waals surface area contributed by atoms with E-state index in [1.54, 1.807) is 52.0 Å². The number of rotatable bonds is 12. The number of aromatic nitrogens is 4. The second-order valence-electron chi connectivity index (χ2n) is 14.7. The molecule has 0 spiro atoms. The highest BCUT2D eigenvalue weighted by molar-refractivity contribution is 7.87. The lowest BCUT2D eigenvalue weighted by atomic mass is 10.1. The van der Waals surface area contributed by atoms with E-state index in [-0.39, 0.29) is 38.5 Å². The lowest BCUT2D eigenvalue weighted by Crippen LogP contribution is -2.46. The Kier molecular flexibility index (Phi) is 11.0. The third-order valence-electron chi connectivity index (χ3n) is 9.27. The first kappa shape index (κ1) is 39.4. The van der Waals surface area contributed by atoms with Crippen LogP contribution in [0.2, 0.25) is 18.1 Å². The Bertz CT molecular complexity index is 2210. The van der Waals surface area contributed by atoms with Crippen LogP contribution in [0.15, 0.2) is 69.4 Å². The van der Waals surface area contributed by atoms with Crippen LogP contribution >= 0.6 is 0 Å². The zero-order valence-electron chi connectivity index (χ0n) is 30.5. The summed E-state index contributed by atoms with van der Waals surface area (Å²) in [6.07, 6.45) is -4.77. The second-order valence-corrected chi connectivity index (χ2v) is 22.6. The van der Waals surface area contributed by atoms with Gasteiger partial charge in [-0.15, -0.1) is 0 Å². The summed E-state index contributed by atoms with van der Waals surface area (Å²) in [5, 5.41) is 2.30. The molecular formula is C34H45N5O10S2Si. The molecule has 3 heterocycles. The molecule has 282 valence electrons. The quantitative estimate of drug-likeness (QED) is 0.148. The van der Waals surface area contributed by atoms with E-state index in [0.717, 1.165) is 11.1 Å². The molecule has 5 rings (SSSR count). The summed E-state index contributed by atoms with van der Waals surface area (Å²) in [5.74, 6) is -1.05. The Morgan fingerprint density at radius 3 is 1.96 bits per heavy atom. The number of aromatic amines is 1. The summed E-state index contributed by atoms with van der Waals surface area (Å²) < 4.78 is 81.4. The van der Waals surface area contributed by atoms with E-state index in [2.05, 4.69) is 20.3 Å². The van der Waals surface area contributed by atoms with E-state index in [0.29, 0.717) is 0 Å². The van der Waals surface area contributed by atoms with Crippen LogP contribution in [0.3, 0.4) is 0 Å². The molecule has 0 aliphatic carbocycles. The first-order chi connectivity index (χ1) is 24.1. The molecule has 52 heavy (non-hydrogen) atoms. The topological polar surface area (TPSA) is 198 Å². The highest BCUT2D eigenvalue weighted by Crippen LogP contribution is 2.41. The second kappa shape index (κ2) is 14.6. The molecule has 2 aromatic heterocycles. The predicted molar refractivity (Wildman–Crippen MR) is 195 cm³/mol. The molecular weight excluding hydrogens is 731 g/mol.